The molecular formula is C6H4BCl2O2. The largest absolute Gasteiger partial charge is 0.569 e. The maximum absolute atomic E-state index is 8.29. The lowest BCUT2D eigenvalue weighted by molar-refractivity contribution is 0.454. The second kappa shape index (κ2) is 3.86. The molecule has 0 atom stereocenters. The van der Waals surface area contributed by atoms with Crippen molar-refractivity contribution >= 4 is 30.9 Å². The predicted octanol–water partition coefficient (Wildman–Crippen LogP) is 1.90. The Bertz CT molecular complexity index is 254. The molecule has 57 valence electrons. The zero-order valence-corrected chi connectivity index (χ0v) is 6.93. The van der Waals surface area contributed by atoms with Crippen molar-refractivity contribution in [1.82, 2.24) is 0 Å². The highest BCUT2D eigenvalue weighted by Crippen LogP contribution is 2.26. The average Bonchev–Trinajstić information content (AvgIpc) is 1.98. The monoisotopic (exact) mass is 189 g/mol. The summed E-state index contributed by atoms with van der Waals surface area (Å²) in [5.74, 6) is 0.335. The first-order valence-corrected chi connectivity index (χ1v) is 3.57. The topological polar surface area (TPSA) is 29.5 Å². The van der Waals surface area contributed by atoms with Crippen LogP contribution in [0.25, 0.3) is 0 Å². The van der Waals surface area contributed by atoms with Crippen LogP contribution in [-0.4, -0.2) is 12.7 Å². The third kappa shape index (κ3) is 2.29. The standard InChI is InChI=1S/C6H4BCl2O2/c8-4-1-2-5(9)6(3-4)11-7-10/h1-3,10H. The van der Waals surface area contributed by atoms with E-state index in [0.29, 0.717) is 23.5 Å². The van der Waals surface area contributed by atoms with Crippen LogP contribution in [0.2, 0.25) is 10.0 Å². The van der Waals surface area contributed by atoms with Gasteiger partial charge in [-0.25, -0.2) is 0 Å². The van der Waals surface area contributed by atoms with Gasteiger partial charge in [0.05, 0.1) is 5.02 Å². The third-order valence-corrected chi connectivity index (χ3v) is 1.62. The van der Waals surface area contributed by atoms with Crippen LogP contribution in [0, 0.1) is 0 Å². The lowest BCUT2D eigenvalue weighted by Crippen LogP contribution is -1.99. The molecule has 0 amide bonds. The lowest BCUT2D eigenvalue weighted by Gasteiger charge is -2.03. The van der Waals surface area contributed by atoms with E-state index in [1.165, 1.54) is 6.07 Å². The Balaban J connectivity index is 2.93. The first-order chi connectivity index (χ1) is 5.24. The summed E-state index contributed by atoms with van der Waals surface area (Å²) in [6.45, 7) is 0. The SMILES string of the molecule is O[B]Oc1cc(Cl)ccc1Cl. The summed E-state index contributed by atoms with van der Waals surface area (Å²) in [5, 5.41) is 9.19. The summed E-state index contributed by atoms with van der Waals surface area (Å²) in [4.78, 5) is 0. The molecule has 0 saturated heterocycles. The van der Waals surface area contributed by atoms with E-state index in [4.69, 9.17) is 28.2 Å². The van der Waals surface area contributed by atoms with Gasteiger partial charge in [0.2, 0.25) is 0 Å². The smallest absolute Gasteiger partial charge is 0.536 e. The molecule has 0 unspecified atom stereocenters. The first kappa shape index (κ1) is 8.72. The lowest BCUT2D eigenvalue weighted by atomic mass is 10.3. The Morgan fingerprint density at radius 3 is 2.73 bits per heavy atom. The summed E-state index contributed by atoms with van der Waals surface area (Å²) in [6, 6.07) is 4.73. The number of benzene rings is 1. The summed E-state index contributed by atoms with van der Waals surface area (Å²) in [6.07, 6.45) is 0. The van der Waals surface area contributed by atoms with Crippen LogP contribution in [0.4, 0.5) is 0 Å². The van der Waals surface area contributed by atoms with Crippen molar-refractivity contribution in [2.24, 2.45) is 0 Å². The van der Waals surface area contributed by atoms with Gasteiger partial charge in [0.25, 0.3) is 0 Å². The van der Waals surface area contributed by atoms with Gasteiger partial charge in [-0.2, -0.15) is 0 Å². The molecule has 0 aliphatic carbocycles. The molecule has 1 rings (SSSR count). The molecule has 0 heterocycles. The Morgan fingerprint density at radius 1 is 1.36 bits per heavy atom. The van der Waals surface area contributed by atoms with Crippen molar-refractivity contribution in [2.75, 3.05) is 0 Å². The van der Waals surface area contributed by atoms with E-state index in [9.17, 15) is 0 Å². The fraction of sp³-hybridized carbons (Fsp3) is 0. The van der Waals surface area contributed by atoms with Gasteiger partial charge in [0, 0.05) is 5.02 Å². The minimum Gasteiger partial charge on any atom is -0.536 e. The van der Waals surface area contributed by atoms with Crippen LogP contribution >= 0.6 is 23.2 Å². The van der Waals surface area contributed by atoms with E-state index in [1.807, 2.05) is 0 Å². The fourth-order valence-electron chi connectivity index (χ4n) is 0.624. The zero-order chi connectivity index (χ0) is 8.27. The minimum absolute atomic E-state index is 0.335. The predicted molar refractivity (Wildman–Crippen MR) is 45.1 cm³/mol. The van der Waals surface area contributed by atoms with Gasteiger partial charge in [0.1, 0.15) is 5.75 Å². The second-order valence-electron chi connectivity index (χ2n) is 1.80. The summed E-state index contributed by atoms with van der Waals surface area (Å²) in [7, 11) is 0.553. The van der Waals surface area contributed by atoms with E-state index in [1.54, 1.807) is 12.1 Å². The molecule has 0 fully saturated rings. The maximum atomic E-state index is 8.29. The molecule has 1 aromatic carbocycles. The van der Waals surface area contributed by atoms with Crippen molar-refractivity contribution in [3.63, 3.8) is 0 Å². The van der Waals surface area contributed by atoms with Gasteiger partial charge >= 0.3 is 7.69 Å². The first-order valence-electron chi connectivity index (χ1n) is 2.81. The highest BCUT2D eigenvalue weighted by atomic mass is 35.5. The van der Waals surface area contributed by atoms with Gasteiger partial charge in [-0.3, -0.25) is 0 Å². The van der Waals surface area contributed by atoms with E-state index < -0.39 is 0 Å². The minimum atomic E-state index is 0.335. The van der Waals surface area contributed by atoms with E-state index >= 15 is 0 Å². The van der Waals surface area contributed by atoms with Crippen molar-refractivity contribution in [2.45, 2.75) is 0 Å². The van der Waals surface area contributed by atoms with Gasteiger partial charge in [-0.05, 0) is 18.2 Å². The molecule has 5 heteroatoms. The Labute approximate surface area is 75.0 Å². The molecule has 1 aromatic rings. The van der Waals surface area contributed by atoms with Gasteiger partial charge in [-0.15, -0.1) is 0 Å². The summed E-state index contributed by atoms with van der Waals surface area (Å²) in [5.41, 5.74) is 0. The molecule has 11 heavy (non-hydrogen) atoms. The molecule has 2 nitrogen and oxygen atoms in total. The molecule has 0 spiro atoms. The molecule has 0 saturated carbocycles. The molecule has 1 radical (unpaired) electrons. The van der Waals surface area contributed by atoms with Crippen molar-refractivity contribution in [1.29, 1.82) is 0 Å². The van der Waals surface area contributed by atoms with Crippen LogP contribution in [0.3, 0.4) is 0 Å². The fourth-order valence-corrected chi connectivity index (χ4v) is 0.948. The van der Waals surface area contributed by atoms with Crippen LogP contribution in [0.5, 0.6) is 5.75 Å². The Hall–Kier alpha value is -0.375. The molecule has 1 N–H and O–H groups in total. The quantitative estimate of drug-likeness (QED) is 0.721. The van der Waals surface area contributed by atoms with Gasteiger partial charge in [0.15, 0.2) is 0 Å². The molecule has 0 aliphatic rings. The van der Waals surface area contributed by atoms with E-state index in [2.05, 4.69) is 4.65 Å². The molecular weight excluding hydrogens is 186 g/mol. The normalized spacial score (nSPS) is 9.36. The number of hydrogen-bond acceptors (Lipinski definition) is 2. The maximum Gasteiger partial charge on any atom is 0.569 e. The van der Waals surface area contributed by atoms with Crippen LogP contribution < -0.4 is 4.65 Å². The molecule has 0 aromatic heterocycles. The molecule has 0 bridgehead atoms. The summed E-state index contributed by atoms with van der Waals surface area (Å²) < 4.78 is 4.63. The van der Waals surface area contributed by atoms with Crippen LogP contribution in [0.1, 0.15) is 0 Å². The van der Waals surface area contributed by atoms with Gasteiger partial charge < -0.3 is 9.68 Å². The van der Waals surface area contributed by atoms with Gasteiger partial charge in [-0.1, -0.05) is 23.2 Å². The number of hydrogen-bond donors (Lipinski definition) is 1. The van der Waals surface area contributed by atoms with Crippen LogP contribution in [0.15, 0.2) is 18.2 Å². The van der Waals surface area contributed by atoms with Crippen molar-refractivity contribution in [3.05, 3.63) is 28.2 Å². The number of halogens is 2. The van der Waals surface area contributed by atoms with Crippen LogP contribution in [-0.2, 0) is 0 Å². The second-order valence-corrected chi connectivity index (χ2v) is 2.64. The number of rotatable bonds is 2. The average molecular weight is 190 g/mol. The summed E-state index contributed by atoms with van der Waals surface area (Å²) >= 11 is 11.3. The third-order valence-electron chi connectivity index (χ3n) is 1.07. The highest BCUT2D eigenvalue weighted by molar-refractivity contribution is 6.34. The Kier molecular flexibility index (Phi) is 3.06. The van der Waals surface area contributed by atoms with E-state index in [-0.39, 0.29) is 0 Å². The Morgan fingerprint density at radius 2 is 2.09 bits per heavy atom. The zero-order valence-electron chi connectivity index (χ0n) is 5.42. The molecule has 0 aliphatic heterocycles. The highest BCUT2D eigenvalue weighted by Gasteiger charge is 2.01. The van der Waals surface area contributed by atoms with E-state index in [0.717, 1.165) is 0 Å². The van der Waals surface area contributed by atoms with Crippen molar-refractivity contribution < 1.29 is 9.68 Å². The van der Waals surface area contributed by atoms with Crippen molar-refractivity contribution in [3.8, 4) is 5.75 Å².